The van der Waals surface area contributed by atoms with E-state index in [1.165, 1.54) is 44.1 Å². The predicted octanol–water partition coefficient (Wildman–Crippen LogP) is 5.49. The Morgan fingerprint density at radius 2 is 1.68 bits per heavy atom. The third-order valence-corrected chi connectivity index (χ3v) is 3.99. The molecule has 0 bridgehead atoms. The van der Waals surface area contributed by atoms with E-state index in [0.29, 0.717) is 0 Å². The summed E-state index contributed by atoms with van der Waals surface area (Å²) in [6.45, 7) is 2.25. The van der Waals surface area contributed by atoms with Gasteiger partial charge in [-0.15, -0.1) is 0 Å². The maximum Gasteiger partial charge on any atom is 0.166 e. The fourth-order valence-electron chi connectivity index (χ4n) is 2.38. The Morgan fingerprint density at radius 3 is 2.32 bits per heavy atom. The number of rotatable bonds is 9. The number of thiocarbonyl (C=S) groups is 1. The lowest BCUT2D eigenvalue weighted by atomic mass is 9.93. The molecule has 1 aromatic carbocycles. The first-order valence-corrected chi connectivity index (χ1v) is 7.83. The van der Waals surface area contributed by atoms with Crippen LogP contribution in [0.25, 0.3) is 0 Å². The SMILES string of the molecule is CCCCCCCC[C@H](C(=S)OC)c1ccccc1. The van der Waals surface area contributed by atoms with Crippen molar-refractivity contribution in [2.75, 3.05) is 7.11 Å². The maximum atomic E-state index is 5.36. The van der Waals surface area contributed by atoms with Gasteiger partial charge in [0.1, 0.15) is 0 Å². The third kappa shape index (κ3) is 6.20. The summed E-state index contributed by atoms with van der Waals surface area (Å²) in [5.74, 6) is 0.271. The quantitative estimate of drug-likeness (QED) is 0.436. The molecule has 2 heteroatoms. The lowest BCUT2D eigenvalue weighted by Gasteiger charge is -2.17. The van der Waals surface area contributed by atoms with Crippen LogP contribution in [0.4, 0.5) is 0 Å². The largest absolute Gasteiger partial charge is 0.490 e. The van der Waals surface area contributed by atoms with Gasteiger partial charge in [0, 0.05) is 0 Å². The Morgan fingerprint density at radius 1 is 1.05 bits per heavy atom. The van der Waals surface area contributed by atoms with E-state index in [0.717, 1.165) is 11.5 Å². The third-order valence-electron chi connectivity index (χ3n) is 3.53. The monoisotopic (exact) mass is 278 g/mol. The summed E-state index contributed by atoms with van der Waals surface area (Å²) in [4.78, 5) is 0. The molecule has 0 aliphatic rings. The smallest absolute Gasteiger partial charge is 0.166 e. The molecule has 1 nitrogen and oxygen atoms in total. The highest BCUT2D eigenvalue weighted by Gasteiger charge is 2.16. The van der Waals surface area contributed by atoms with Crippen LogP contribution in [0.15, 0.2) is 30.3 Å². The predicted molar refractivity (Wildman–Crippen MR) is 86.8 cm³/mol. The van der Waals surface area contributed by atoms with E-state index >= 15 is 0 Å². The second-order valence-corrected chi connectivity index (χ2v) is 5.45. The molecule has 0 aliphatic carbocycles. The van der Waals surface area contributed by atoms with Crippen LogP contribution < -0.4 is 0 Å². The van der Waals surface area contributed by atoms with Gasteiger partial charge >= 0.3 is 0 Å². The molecule has 0 saturated heterocycles. The Bertz CT molecular complexity index is 348. The Hall–Kier alpha value is -0.890. The molecule has 1 rings (SSSR count). The highest BCUT2D eigenvalue weighted by Crippen LogP contribution is 2.25. The summed E-state index contributed by atoms with van der Waals surface area (Å²) >= 11 is 5.36. The van der Waals surface area contributed by atoms with Gasteiger partial charge in [-0.25, -0.2) is 0 Å². The van der Waals surface area contributed by atoms with Gasteiger partial charge < -0.3 is 4.74 Å². The Balaban J connectivity index is 2.41. The van der Waals surface area contributed by atoms with E-state index in [1.807, 2.05) is 6.07 Å². The van der Waals surface area contributed by atoms with Crippen LogP contribution >= 0.6 is 12.2 Å². The first kappa shape index (κ1) is 16.2. The van der Waals surface area contributed by atoms with Gasteiger partial charge in [0.05, 0.1) is 13.0 Å². The summed E-state index contributed by atoms with van der Waals surface area (Å²) in [5, 5.41) is 0.722. The van der Waals surface area contributed by atoms with Crippen molar-refractivity contribution in [3.8, 4) is 0 Å². The standard InChI is InChI=1S/C17H26OS/c1-3-4-5-6-7-11-14-16(17(19)18-2)15-12-9-8-10-13-15/h8-10,12-13,16H,3-7,11,14H2,1-2H3/t16-/m0/s1. The molecular weight excluding hydrogens is 252 g/mol. The van der Waals surface area contributed by atoms with Crippen molar-refractivity contribution in [1.29, 1.82) is 0 Å². The fourth-order valence-corrected chi connectivity index (χ4v) is 2.63. The van der Waals surface area contributed by atoms with Gasteiger partial charge in [-0.1, -0.05) is 75.8 Å². The van der Waals surface area contributed by atoms with Crippen molar-refractivity contribution < 1.29 is 4.74 Å². The second kappa shape index (κ2) is 9.96. The van der Waals surface area contributed by atoms with Crippen molar-refractivity contribution in [3.05, 3.63) is 35.9 Å². The van der Waals surface area contributed by atoms with Crippen LogP contribution in [0.3, 0.4) is 0 Å². The van der Waals surface area contributed by atoms with E-state index in [4.69, 9.17) is 17.0 Å². The number of hydrogen-bond acceptors (Lipinski definition) is 2. The van der Waals surface area contributed by atoms with Gasteiger partial charge in [0.15, 0.2) is 5.05 Å². The van der Waals surface area contributed by atoms with E-state index < -0.39 is 0 Å². The lowest BCUT2D eigenvalue weighted by molar-refractivity contribution is 0.388. The highest BCUT2D eigenvalue weighted by atomic mass is 32.1. The zero-order valence-electron chi connectivity index (χ0n) is 12.2. The zero-order chi connectivity index (χ0) is 13.9. The topological polar surface area (TPSA) is 9.23 Å². The normalized spacial score (nSPS) is 12.1. The van der Waals surface area contributed by atoms with Crippen LogP contribution in [0, 0.1) is 0 Å². The van der Waals surface area contributed by atoms with Crippen LogP contribution in [-0.4, -0.2) is 12.2 Å². The Labute approximate surface area is 123 Å². The van der Waals surface area contributed by atoms with E-state index in [-0.39, 0.29) is 5.92 Å². The molecular formula is C17H26OS. The van der Waals surface area contributed by atoms with Crippen molar-refractivity contribution in [1.82, 2.24) is 0 Å². The highest BCUT2D eigenvalue weighted by molar-refractivity contribution is 7.80. The van der Waals surface area contributed by atoms with Crippen molar-refractivity contribution >= 4 is 17.3 Å². The summed E-state index contributed by atoms with van der Waals surface area (Å²) in [7, 11) is 1.68. The van der Waals surface area contributed by atoms with E-state index in [1.54, 1.807) is 7.11 Å². The number of hydrogen-bond donors (Lipinski definition) is 0. The van der Waals surface area contributed by atoms with Crippen LogP contribution in [-0.2, 0) is 4.74 Å². The van der Waals surface area contributed by atoms with Gasteiger partial charge in [-0.3, -0.25) is 0 Å². The molecule has 0 aliphatic heterocycles. The maximum absolute atomic E-state index is 5.36. The summed E-state index contributed by atoms with van der Waals surface area (Å²) in [5.41, 5.74) is 1.28. The van der Waals surface area contributed by atoms with E-state index in [2.05, 4.69) is 31.2 Å². The molecule has 0 radical (unpaired) electrons. The molecule has 0 spiro atoms. The molecule has 106 valence electrons. The first-order valence-electron chi connectivity index (χ1n) is 7.42. The lowest BCUT2D eigenvalue weighted by Crippen LogP contribution is -2.12. The zero-order valence-corrected chi connectivity index (χ0v) is 13.0. The average Bonchev–Trinajstić information content (AvgIpc) is 2.47. The molecule has 0 heterocycles. The molecule has 1 aromatic rings. The average molecular weight is 278 g/mol. The molecule has 0 unspecified atom stereocenters. The number of unbranched alkanes of at least 4 members (excludes halogenated alkanes) is 5. The second-order valence-electron chi connectivity index (χ2n) is 5.04. The van der Waals surface area contributed by atoms with Crippen LogP contribution in [0.5, 0.6) is 0 Å². The number of methoxy groups -OCH3 is 1. The van der Waals surface area contributed by atoms with Crippen molar-refractivity contribution in [2.45, 2.75) is 57.8 Å². The summed E-state index contributed by atoms with van der Waals surface area (Å²) in [6.07, 6.45) is 9.00. The molecule has 0 amide bonds. The molecule has 0 aromatic heterocycles. The minimum Gasteiger partial charge on any atom is -0.490 e. The van der Waals surface area contributed by atoms with Gasteiger partial charge in [-0.05, 0) is 24.2 Å². The fraction of sp³-hybridized carbons (Fsp3) is 0.588. The van der Waals surface area contributed by atoms with Gasteiger partial charge in [0.2, 0.25) is 0 Å². The summed E-state index contributed by atoms with van der Waals surface area (Å²) in [6, 6.07) is 10.5. The van der Waals surface area contributed by atoms with Gasteiger partial charge in [-0.2, -0.15) is 0 Å². The molecule has 1 atom stereocenters. The first-order chi connectivity index (χ1) is 9.29. The molecule has 0 N–H and O–H groups in total. The van der Waals surface area contributed by atoms with Crippen molar-refractivity contribution in [3.63, 3.8) is 0 Å². The van der Waals surface area contributed by atoms with Crippen molar-refractivity contribution in [2.24, 2.45) is 0 Å². The minimum atomic E-state index is 0.271. The molecule has 0 saturated carbocycles. The Kier molecular flexibility index (Phi) is 8.48. The van der Waals surface area contributed by atoms with Crippen LogP contribution in [0.2, 0.25) is 0 Å². The van der Waals surface area contributed by atoms with Gasteiger partial charge in [0.25, 0.3) is 0 Å². The van der Waals surface area contributed by atoms with Crippen LogP contribution in [0.1, 0.15) is 63.4 Å². The minimum absolute atomic E-state index is 0.271. The molecule has 19 heavy (non-hydrogen) atoms. The number of ether oxygens (including phenoxy) is 1. The molecule has 0 fully saturated rings. The number of benzene rings is 1. The summed E-state index contributed by atoms with van der Waals surface area (Å²) < 4.78 is 5.29. The van der Waals surface area contributed by atoms with E-state index in [9.17, 15) is 0 Å².